The minimum Gasteiger partial charge on any atom is -0.486 e. The van der Waals surface area contributed by atoms with Crippen LogP contribution in [0.15, 0.2) is 18.2 Å². The van der Waals surface area contributed by atoms with Crippen LogP contribution < -0.4 is 4.74 Å². The number of piperidine rings is 1. The molecule has 4 nitrogen and oxygen atoms in total. The van der Waals surface area contributed by atoms with Crippen molar-refractivity contribution in [1.82, 2.24) is 4.90 Å². The molecule has 2 aliphatic carbocycles. The van der Waals surface area contributed by atoms with Crippen LogP contribution in [0.3, 0.4) is 0 Å². The van der Waals surface area contributed by atoms with E-state index in [2.05, 4.69) is 0 Å². The summed E-state index contributed by atoms with van der Waals surface area (Å²) >= 11 is 0. The van der Waals surface area contributed by atoms with E-state index in [-0.39, 0.29) is 18.1 Å². The van der Waals surface area contributed by atoms with Crippen molar-refractivity contribution in [3.05, 3.63) is 29.6 Å². The summed E-state index contributed by atoms with van der Waals surface area (Å²) in [5.41, 5.74) is -0.190. The molecular weight excluding hydrogens is 333 g/mol. The number of amides is 1. The zero-order chi connectivity index (χ0) is 17.9. The van der Waals surface area contributed by atoms with Crippen LogP contribution in [0.2, 0.25) is 0 Å². The molecule has 26 heavy (non-hydrogen) atoms. The average Bonchev–Trinajstić information content (AvgIpc) is 2.97. The zero-order valence-electron chi connectivity index (χ0n) is 14.9. The molecule has 0 bridgehead atoms. The number of ether oxygens (including phenoxy) is 1. The molecule has 1 saturated heterocycles. The lowest BCUT2D eigenvalue weighted by Crippen LogP contribution is -2.55. The highest BCUT2D eigenvalue weighted by molar-refractivity contribution is 6.00. The lowest BCUT2D eigenvalue weighted by Gasteiger charge is -2.47. The van der Waals surface area contributed by atoms with Gasteiger partial charge in [0, 0.05) is 31.8 Å². The van der Waals surface area contributed by atoms with Crippen LogP contribution in [0, 0.1) is 23.6 Å². The molecule has 5 rings (SSSR count). The number of rotatable bonds is 1. The topological polar surface area (TPSA) is 46.6 Å². The third-order valence-corrected chi connectivity index (χ3v) is 7.15. The maximum Gasteiger partial charge on any atom is 0.225 e. The van der Waals surface area contributed by atoms with Crippen molar-refractivity contribution in [3.63, 3.8) is 0 Å². The Balaban J connectivity index is 1.26. The van der Waals surface area contributed by atoms with E-state index in [0.717, 1.165) is 12.3 Å². The summed E-state index contributed by atoms with van der Waals surface area (Å²) in [6.45, 7) is 1.30. The summed E-state index contributed by atoms with van der Waals surface area (Å²) in [5, 5.41) is 0. The van der Waals surface area contributed by atoms with E-state index in [0.29, 0.717) is 49.1 Å². The van der Waals surface area contributed by atoms with Crippen molar-refractivity contribution >= 4 is 11.7 Å². The molecular formula is C21H24FNO3. The monoisotopic (exact) mass is 357 g/mol. The molecule has 1 aromatic rings. The minimum atomic E-state index is -0.534. The van der Waals surface area contributed by atoms with Crippen molar-refractivity contribution in [2.75, 3.05) is 13.1 Å². The lowest BCUT2D eigenvalue weighted by molar-refractivity contribution is -0.147. The third-order valence-electron chi connectivity index (χ3n) is 7.15. The number of benzene rings is 1. The second-order valence-corrected chi connectivity index (χ2v) is 8.55. The van der Waals surface area contributed by atoms with Crippen LogP contribution in [0.5, 0.6) is 5.75 Å². The predicted octanol–water partition coefficient (Wildman–Crippen LogP) is 3.59. The van der Waals surface area contributed by atoms with Gasteiger partial charge in [0.1, 0.15) is 17.2 Å². The van der Waals surface area contributed by atoms with Gasteiger partial charge in [-0.1, -0.05) is 12.8 Å². The summed E-state index contributed by atoms with van der Waals surface area (Å²) in [6, 6.07) is 4.14. The van der Waals surface area contributed by atoms with Gasteiger partial charge in [0.25, 0.3) is 0 Å². The smallest absolute Gasteiger partial charge is 0.225 e. The van der Waals surface area contributed by atoms with Crippen LogP contribution in [0.4, 0.5) is 4.39 Å². The van der Waals surface area contributed by atoms with E-state index >= 15 is 0 Å². The second-order valence-electron chi connectivity index (χ2n) is 8.55. The van der Waals surface area contributed by atoms with Gasteiger partial charge in [-0.15, -0.1) is 0 Å². The fraction of sp³-hybridized carbons (Fsp3) is 0.619. The van der Waals surface area contributed by atoms with Crippen molar-refractivity contribution < 1.29 is 18.7 Å². The number of likely N-dealkylation sites (tertiary alicyclic amines) is 1. The number of ketones is 1. The van der Waals surface area contributed by atoms with Gasteiger partial charge in [-0.3, -0.25) is 9.59 Å². The van der Waals surface area contributed by atoms with E-state index in [4.69, 9.17) is 4.74 Å². The Labute approximate surface area is 152 Å². The van der Waals surface area contributed by atoms with Crippen molar-refractivity contribution in [3.8, 4) is 5.75 Å². The largest absolute Gasteiger partial charge is 0.486 e. The van der Waals surface area contributed by atoms with E-state index in [1.165, 1.54) is 31.4 Å². The normalized spacial score (nSPS) is 31.8. The fourth-order valence-corrected chi connectivity index (χ4v) is 5.59. The Morgan fingerprint density at radius 2 is 2.04 bits per heavy atom. The molecule has 1 spiro atoms. The summed E-state index contributed by atoms with van der Waals surface area (Å²) in [6.07, 6.45) is 6.47. The van der Waals surface area contributed by atoms with Crippen LogP contribution in [0.25, 0.3) is 0 Å². The Hall–Kier alpha value is -1.91. The number of carbonyl (C=O) groups is 2. The molecule has 0 radical (unpaired) electrons. The first-order valence-electron chi connectivity index (χ1n) is 9.85. The summed E-state index contributed by atoms with van der Waals surface area (Å²) < 4.78 is 19.6. The highest BCUT2D eigenvalue weighted by Gasteiger charge is 2.50. The quantitative estimate of drug-likeness (QED) is 0.772. The van der Waals surface area contributed by atoms with Crippen LogP contribution >= 0.6 is 0 Å². The number of fused-ring (bicyclic) bond motifs is 2. The maximum absolute atomic E-state index is 13.4. The Kier molecular flexibility index (Phi) is 3.63. The molecule has 2 heterocycles. The number of nitrogens with zero attached hydrogens (tertiary/aromatic N) is 1. The third kappa shape index (κ3) is 2.47. The molecule has 1 amide bonds. The first-order valence-corrected chi connectivity index (χ1v) is 9.85. The molecule has 4 aliphatic rings. The van der Waals surface area contributed by atoms with Gasteiger partial charge in [0.05, 0.1) is 12.0 Å². The first kappa shape index (κ1) is 16.3. The highest BCUT2D eigenvalue weighted by Crippen LogP contribution is 2.52. The van der Waals surface area contributed by atoms with Crippen LogP contribution in [-0.4, -0.2) is 35.3 Å². The minimum absolute atomic E-state index is 0.0571. The Morgan fingerprint density at radius 3 is 2.81 bits per heavy atom. The van der Waals surface area contributed by atoms with E-state index in [1.807, 2.05) is 4.90 Å². The van der Waals surface area contributed by atoms with Gasteiger partial charge in [-0.25, -0.2) is 4.39 Å². The standard InChI is InChI=1S/C21H24FNO3/c22-14-4-5-19-17(11-14)18(24)12-21(26-19)6-8-23(9-7-21)20(25)16-10-13-2-1-3-15(13)16/h4-5,11,13,15-16H,1-3,6-10,12H2. The molecule has 138 valence electrons. The van der Waals surface area contributed by atoms with Gasteiger partial charge < -0.3 is 9.64 Å². The van der Waals surface area contributed by atoms with Gasteiger partial charge >= 0.3 is 0 Å². The number of hydrogen-bond donors (Lipinski definition) is 0. The summed E-state index contributed by atoms with van der Waals surface area (Å²) in [7, 11) is 0. The van der Waals surface area contributed by atoms with Gasteiger partial charge in [-0.05, 0) is 42.9 Å². The fourth-order valence-electron chi connectivity index (χ4n) is 5.59. The van der Waals surface area contributed by atoms with E-state index in [9.17, 15) is 14.0 Å². The molecule has 3 unspecified atom stereocenters. The maximum atomic E-state index is 13.4. The zero-order valence-corrected chi connectivity index (χ0v) is 14.9. The second kappa shape index (κ2) is 5.80. The number of hydrogen-bond acceptors (Lipinski definition) is 3. The highest BCUT2D eigenvalue weighted by atomic mass is 19.1. The van der Waals surface area contributed by atoms with Gasteiger partial charge in [-0.2, -0.15) is 0 Å². The average molecular weight is 357 g/mol. The van der Waals surface area contributed by atoms with Crippen molar-refractivity contribution in [2.24, 2.45) is 17.8 Å². The number of Topliss-reactive ketones (excluding diaryl/α,β-unsaturated/α-hetero) is 1. The Bertz CT molecular complexity index is 769. The molecule has 0 aromatic heterocycles. The SMILES string of the molecule is O=C1CC2(CCN(C(=O)C3CC4CCCC43)CC2)Oc2ccc(F)cc21. The van der Waals surface area contributed by atoms with Crippen LogP contribution in [0.1, 0.15) is 55.3 Å². The molecule has 1 aromatic carbocycles. The van der Waals surface area contributed by atoms with Gasteiger partial charge in [0.15, 0.2) is 5.78 Å². The van der Waals surface area contributed by atoms with Gasteiger partial charge in [0.2, 0.25) is 5.91 Å². The van der Waals surface area contributed by atoms with Crippen LogP contribution in [-0.2, 0) is 4.79 Å². The van der Waals surface area contributed by atoms with E-state index < -0.39 is 11.4 Å². The predicted molar refractivity (Wildman–Crippen MR) is 93.5 cm³/mol. The number of carbonyl (C=O) groups excluding carboxylic acids is 2. The van der Waals surface area contributed by atoms with Crippen molar-refractivity contribution in [2.45, 2.75) is 50.5 Å². The lowest BCUT2D eigenvalue weighted by atomic mass is 9.66. The van der Waals surface area contributed by atoms with E-state index in [1.54, 1.807) is 6.07 Å². The number of halogens is 1. The first-order chi connectivity index (χ1) is 12.5. The molecule has 0 N–H and O–H groups in total. The molecule has 3 fully saturated rings. The summed E-state index contributed by atoms with van der Waals surface area (Å²) in [5.74, 6) is 1.96. The van der Waals surface area contributed by atoms with Crippen molar-refractivity contribution in [1.29, 1.82) is 0 Å². The molecule has 2 saturated carbocycles. The summed E-state index contributed by atoms with van der Waals surface area (Å²) in [4.78, 5) is 27.3. The molecule has 2 aliphatic heterocycles. The Morgan fingerprint density at radius 1 is 1.23 bits per heavy atom. The molecule has 3 atom stereocenters. The molecule has 5 heteroatoms.